The van der Waals surface area contributed by atoms with Gasteiger partial charge in [0.2, 0.25) is 0 Å². The van der Waals surface area contributed by atoms with Crippen molar-refractivity contribution >= 4 is 46.6 Å². The van der Waals surface area contributed by atoms with Crippen molar-refractivity contribution in [3.8, 4) is 11.1 Å². The molecule has 0 N–H and O–H groups in total. The zero-order valence-corrected chi connectivity index (χ0v) is 16.1. The highest BCUT2D eigenvalue weighted by Crippen LogP contribution is 2.31. The molecule has 0 atom stereocenters. The second kappa shape index (κ2) is 8.53. The number of aromatic nitrogens is 1. The molecule has 0 spiro atoms. The molecule has 0 saturated heterocycles. The number of pyridine rings is 1. The molecule has 0 amide bonds. The predicted octanol–water partition coefficient (Wildman–Crippen LogP) is 5.75. The van der Waals surface area contributed by atoms with E-state index in [4.69, 9.17) is 39.5 Å². The molecular formula is C20H12Cl3NO3. The van der Waals surface area contributed by atoms with Gasteiger partial charge in [0, 0.05) is 11.8 Å². The lowest BCUT2D eigenvalue weighted by molar-refractivity contribution is 0.0469. The maximum absolute atomic E-state index is 12.3. The molecule has 0 aliphatic rings. The number of nitrogens with zero attached hydrogens (tertiary/aromatic N) is 1. The van der Waals surface area contributed by atoms with Crippen LogP contribution in [0.15, 0.2) is 60.8 Å². The number of Topliss-reactive ketones (excluding diaryl/α,β-unsaturated/α-hetero) is 1. The van der Waals surface area contributed by atoms with E-state index in [0.29, 0.717) is 5.56 Å². The molecule has 0 saturated carbocycles. The van der Waals surface area contributed by atoms with Crippen molar-refractivity contribution in [1.29, 1.82) is 0 Å². The van der Waals surface area contributed by atoms with Crippen LogP contribution in [0.3, 0.4) is 0 Å². The van der Waals surface area contributed by atoms with Gasteiger partial charge in [0.05, 0.1) is 15.1 Å². The Balaban J connectivity index is 1.66. The summed E-state index contributed by atoms with van der Waals surface area (Å²) < 4.78 is 5.00. The number of ether oxygens (including phenoxy) is 1. The Kier molecular flexibility index (Phi) is 6.11. The highest BCUT2D eigenvalue weighted by Gasteiger charge is 2.19. The first kappa shape index (κ1) is 19.4. The summed E-state index contributed by atoms with van der Waals surface area (Å²) in [5.41, 5.74) is 2.26. The van der Waals surface area contributed by atoms with Crippen LogP contribution in [0.1, 0.15) is 20.8 Å². The van der Waals surface area contributed by atoms with Crippen LogP contribution in [-0.2, 0) is 4.74 Å². The topological polar surface area (TPSA) is 56.3 Å². The molecule has 1 aromatic heterocycles. The van der Waals surface area contributed by atoms with E-state index in [2.05, 4.69) is 4.98 Å². The van der Waals surface area contributed by atoms with Crippen molar-refractivity contribution < 1.29 is 14.3 Å². The van der Waals surface area contributed by atoms with Crippen molar-refractivity contribution in [3.63, 3.8) is 0 Å². The van der Waals surface area contributed by atoms with Crippen molar-refractivity contribution in [2.45, 2.75) is 0 Å². The van der Waals surface area contributed by atoms with E-state index in [-0.39, 0.29) is 26.5 Å². The van der Waals surface area contributed by atoms with Crippen LogP contribution in [-0.4, -0.2) is 23.3 Å². The molecule has 0 unspecified atom stereocenters. The summed E-state index contributed by atoms with van der Waals surface area (Å²) in [7, 11) is 0. The molecule has 0 aliphatic carbocycles. The molecule has 4 nitrogen and oxygen atoms in total. The van der Waals surface area contributed by atoms with Gasteiger partial charge in [-0.05, 0) is 11.1 Å². The number of carbonyl (C=O) groups is 2. The molecule has 136 valence electrons. The maximum atomic E-state index is 12.3. The van der Waals surface area contributed by atoms with Gasteiger partial charge in [-0.15, -0.1) is 0 Å². The number of carbonyl (C=O) groups excluding carboxylic acids is 2. The van der Waals surface area contributed by atoms with Gasteiger partial charge in [-0.3, -0.25) is 4.79 Å². The minimum atomic E-state index is -0.854. The van der Waals surface area contributed by atoms with Crippen LogP contribution >= 0.6 is 34.8 Å². The summed E-state index contributed by atoms with van der Waals surface area (Å²) in [5, 5.41) is 0.00439. The SMILES string of the molecule is O=C(COC(=O)c1ncc(Cl)c(Cl)c1Cl)c1ccc(-c2ccccc2)cc1. The van der Waals surface area contributed by atoms with Crippen LogP contribution in [0.2, 0.25) is 15.1 Å². The Hall–Kier alpha value is -2.40. The Morgan fingerprint density at radius 2 is 1.48 bits per heavy atom. The number of ketones is 1. The van der Waals surface area contributed by atoms with E-state index in [1.54, 1.807) is 12.1 Å². The van der Waals surface area contributed by atoms with E-state index >= 15 is 0 Å². The number of halogens is 3. The zero-order valence-electron chi connectivity index (χ0n) is 13.8. The fourth-order valence-corrected chi connectivity index (χ4v) is 2.91. The van der Waals surface area contributed by atoms with Crippen molar-refractivity contribution in [1.82, 2.24) is 4.98 Å². The van der Waals surface area contributed by atoms with Gasteiger partial charge in [0.25, 0.3) is 0 Å². The van der Waals surface area contributed by atoms with Gasteiger partial charge in [0.15, 0.2) is 18.1 Å². The second-order valence-electron chi connectivity index (χ2n) is 5.53. The number of benzene rings is 2. The Morgan fingerprint density at radius 3 is 2.15 bits per heavy atom. The van der Waals surface area contributed by atoms with E-state index in [9.17, 15) is 9.59 Å². The Morgan fingerprint density at radius 1 is 0.852 bits per heavy atom. The smallest absolute Gasteiger partial charge is 0.358 e. The third kappa shape index (κ3) is 4.48. The van der Waals surface area contributed by atoms with Crippen molar-refractivity contribution in [3.05, 3.63) is 87.1 Å². The molecule has 0 fully saturated rings. The average molecular weight is 421 g/mol. The fraction of sp³-hybridized carbons (Fsp3) is 0.0500. The molecule has 0 aliphatic heterocycles. The van der Waals surface area contributed by atoms with Crippen LogP contribution in [0.25, 0.3) is 11.1 Å². The molecule has 0 radical (unpaired) electrons. The lowest BCUT2D eigenvalue weighted by Gasteiger charge is -2.07. The van der Waals surface area contributed by atoms with Crippen LogP contribution in [0, 0.1) is 0 Å². The first-order valence-corrected chi connectivity index (χ1v) is 8.96. The van der Waals surface area contributed by atoms with Crippen molar-refractivity contribution in [2.75, 3.05) is 6.61 Å². The fourth-order valence-electron chi connectivity index (χ4n) is 2.35. The lowest BCUT2D eigenvalue weighted by Crippen LogP contribution is -2.15. The molecule has 7 heteroatoms. The Bertz CT molecular complexity index is 989. The third-order valence-electron chi connectivity index (χ3n) is 3.76. The number of hydrogen-bond donors (Lipinski definition) is 0. The highest BCUT2D eigenvalue weighted by atomic mass is 35.5. The molecule has 3 aromatic rings. The normalized spacial score (nSPS) is 10.5. The van der Waals surface area contributed by atoms with Gasteiger partial charge in [-0.25, -0.2) is 9.78 Å². The third-order valence-corrected chi connectivity index (χ3v) is 5.00. The van der Waals surface area contributed by atoms with E-state index in [1.165, 1.54) is 6.20 Å². The summed E-state index contributed by atoms with van der Waals surface area (Å²) in [6, 6.07) is 16.8. The van der Waals surface area contributed by atoms with Crippen LogP contribution < -0.4 is 0 Å². The molecule has 3 rings (SSSR count). The maximum Gasteiger partial charge on any atom is 0.358 e. The van der Waals surface area contributed by atoms with Gasteiger partial charge >= 0.3 is 5.97 Å². The van der Waals surface area contributed by atoms with Gasteiger partial charge < -0.3 is 4.74 Å². The minimum Gasteiger partial charge on any atom is -0.453 e. The summed E-state index contributed by atoms with van der Waals surface area (Å²) in [6.07, 6.45) is 1.19. The summed E-state index contributed by atoms with van der Waals surface area (Å²) in [5.74, 6) is -1.20. The van der Waals surface area contributed by atoms with Crippen LogP contribution in [0.4, 0.5) is 0 Å². The largest absolute Gasteiger partial charge is 0.453 e. The summed E-state index contributed by atoms with van der Waals surface area (Å²) >= 11 is 17.6. The van der Waals surface area contributed by atoms with Gasteiger partial charge in [-0.1, -0.05) is 89.4 Å². The number of esters is 1. The summed E-state index contributed by atoms with van der Waals surface area (Å²) in [4.78, 5) is 28.1. The van der Waals surface area contributed by atoms with Gasteiger partial charge in [-0.2, -0.15) is 0 Å². The first-order chi connectivity index (χ1) is 13.0. The molecule has 0 bridgehead atoms. The molecule has 2 aromatic carbocycles. The quantitative estimate of drug-likeness (QED) is 0.389. The highest BCUT2D eigenvalue weighted by molar-refractivity contribution is 6.48. The molecule has 27 heavy (non-hydrogen) atoms. The predicted molar refractivity (Wildman–Crippen MR) is 106 cm³/mol. The minimum absolute atomic E-state index is 0.00288. The average Bonchev–Trinajstić information content (AvgIpc) is 2.71. The lowest BCUT2D eigenvalue weighted by atomic mass is 10.0. The monoisotopic (exact) mass is 419 g/mol. The van der Waals surface area contributed by atoms with Crippen molar-refractivity contribution in [2.24, 2.45) is 0 Å². The van der Waals surface area contributed by atoms with Crippen LogP contribution in [0.5, 0.6) is 0 Å². The number of rotatable bonds is 5. The van der Waals surface area contributed by atoms with E-state index in [0.717, 1.165) is 11.1 Å². The first-order valence-electron chi connectivity index (χ1n) is 7.82. The Labute approximate surface area is 170 Å². The van der Waals surface area contributed by atoms with E-state index < -0.39 is 12.6 Å². The van der Waals surface area contributed by atoms with E-state index in [1.807, 2.05) is 42.5 Å². The number of hydrogen-bond acceptors (Lipinski definition) is 4. The molecular weight excluding hydrogens is 409 g/mol. The standard InChI is InChI=1S/C20H12Cl3NO3/c21-15-10-24-19(18(23)17(15)22)20(26)27-11-16(25)14-8-6-13(7-9-14)12-4-2-1-3-5-12/h1-10H,11H2. The summed E-state index contributed by atoms with van der Waals surface area (Å²) in [6.45, 7) is -0.443. The second-order valence-corrected chi connectivity index (χ2v) is 6.69. The van der Waals surface area contributed by atoms with Gasteiger partial charge in [0.1, 0.15) is 0 Å². The zero-order chi connectivity index (χ0) is 19.4. The molecule has 1 heterocycles.